The van der Waals surface area contributed by atoms with Crippen LogP contribution in [0.3, 0.4) is 0 Å². The highest BCUT2D eigenvalue weighted by atomic mass is 32.1. The van der Waals surface area contributed by atoms with Gasteiger partial charge in [0, 0.05) is 5.39 Å². The predicted octanol–water partition coefficient (Wildman–Crippen LogP) is 3.20. The molecule has 0 unspecified atom stereocenters. The van der Waals surface area contributed by atoms with Crippen LogP contribution in [-0.2, 0) is 0 Å². The van der Waals surface area contributed by atoms with Crippen LogP contribution in [0.15, 0.2) is 47.1 Å². The molecule has 0 saturated heterocycles. The van der Waals surface area contributed by atoms with Gasteiger partial charge in [0.15, 0.2) is 17.2 Å². The van der Waals surface area contributed by atoms with Crippen molar-refractivity contribution >= 4 is 28.8 Å². The molecule has 0 saturated carbocycles. The Bertz CT molecular complexity index is 936. The quantitative estimate of drug-likeness (QED) is 0.538. The largest absolute Gasteiger partial charge is 0.461 e. The molecule has 0 aliphatic heterocycles. The zero-order valence-electron chi connectivity index (χ0n) is 9.70. The SMILES string of the molecule is S=c1nc2ccccc2c2nc(-c3ccco3)[nH]n12. The van der Waals surface area contributed by atoms with Crippen molar-refractivity contribution in [2.24, 2.45) is 0 Å². The molecule has 0 fully saturated rings. The molecule has 0 aliphatic rings. The Labute approximate surface area is 112 Å². The van der Waals surface area contributed by atoms with E-state index in [0.29, 0.717) is 16.4 Å². The molecule has 0 atom stereocenters. The van der Waals surface area contributed by atoms with Crippen LogP contribution in [0.25, 0.3) is 28.1 Å². The van der Waals surface area contributed by atoms with Crippen molar-refractivity contribution in [2.75, 3.05) is 0 Å². The second-order valence-electron chi connectivity index (χ2n) is 4.12. The van der Waals surface area contributed by atoms with Crippen LogP contribution in [0.5, 0.6) is 0 Å². The molecule has 3 aromatic heterocycles. The Morgan fingerprint density at radius 3 is 2.84 bits per heavy atom. The van der Waals surface area contributed by atoms with E-state index in [0.717, 1.165) is 16.6 Å². The molecule has 0 aliphatic carbocycles. The summed E-state index contributed by atoms with van der Waals surface area (Å²) in [5.41, 5.74) is 1.59. The summed E-state index contributed by atoms with van der Waals surface area (Å²) in [7, 11) is 0. The standard InChI is InChI=1S/C13H8N4OS/c19-13-14-9-5-2-1-4-8(9)12-15-11(16-17(12)13)10-6-3-7-18-10/h1-7H,(H,15,16). The second kappa shape index (κ2) is 3.76. The fraction of sp³-hybridized carbons (Fsp3) is 0. The molecule has 0 amide bonds. The van der Waals surface area contributed by atoms with Gasteiger partial charge in [0.1, 0.15) is 0 Å². The lowest BCUT2D eigenvalue weighted by Gasteiger charge is -1.97. The fourth-order valence-corrected chi connectivity index (χ4v) is 2.33. The summed E-state index contributed by atoms with van der Waals surface area (Å²) in [5, 5.41) is 4.05. The number of aromatic nitrogens is 4. The highest BCUT2D eigenvalue weighted by molar-refractivity contribution is 7.71. The van der Waals surface area contributed by atoms with Gasteiger partial charge >= 0.3 is 0 Å². The van der Waals surface area contributed by atoms with Gasteiger partial charge in [-0.15, -0.1) is 0 Å². The van der Waals surface area contributed by atoms with Crippen molar-refractivity contribution in [1.82, 2.24) is 19.6 Å². The minimum Gasteiger partial charge on any atom is -0.461 e. The molecule has 0 radical (unpaired) electrons. The third kappa shape index (κ3) is 1.50. The highest BCUT2D eigenvalue weighted by Gasteiger charge is 2.11. The summed E-state index contributed by atoms with van der Waals surface area (Å²) in [6.45, 7) is 0. The minimum absolute atomic E-state index is 0.444. The van der Waals surface area contributed by atoms with Gasteiger partial charge in [-0.05, 0) is 36.5 Å². The van der Waals surface area contributed by atoms with Crippen LogP contribution < -0.4 is 0 Å². The van der Waals surface area contributed by atoms with Crippen LogP contribution in [0, 0.1) is 4.77 Å². The van der Waals surface area contributed by atoms with Gasteiger partial charge in [0.2, 0.25) is 4.77 Å². The Morgan fingerprint density at radius 2 is 2.00 bits per heavy atom. The maximum atomic E-state index is 5.34. The van der Waals surface area contributed by atoms with Gasteiger partial charge in [0.05, 0.1) is 11.8 Å². The van der Waals surface area contributed by atoms with Crippen LogP contribution in [-0.4, -0.2) is 19.6 Å². The Morgan fingerprint density at radius 1 is 1.11 bits per heavy atom. The number of rotatable bonds is 1. The van der Waals surface area contributed by atoms with Crippen molar-refractivity contribution in [3.8, 4) is 11.6 Å². The molecule has 1 N–H and O–H groups in total. The number of H-pyrrole nitrogens is 1. The lowest BCUT2D eigenvalue weighted by Crippen LogP contribution is -1.94. The molecule has 1 aromatic carbocycles. The number of nitrogens with zero attached hydrogens (tertiary/aromatic N) is 3. The van der Waals surface area contributed by atoms with E-state index in [1.165, 1.54) is 0 Å². The second-order valence-corrected chi connectivity index (χ2v) is 4.49. The molecule has 0 bridgehead atoms. The average molecular weight is 268 g/mol. The highest BCUT2D eigenvalue weighted by Crippen LogP contribution is 2.21. The normalized spacial score (nSPS) is 11.4. The third-order valence-electron chi connectivity index (χ3n) is 2.95. The monoisotopic (exact) mass is 268 g/mol. The van der Waals surface area contributed by atoms with E-state index in [9.17, 15) is 0 Å². The van der Waals surface area contributed by atoms with Gasteiger partial charge in [-0.1, -0.05) is 12.1 Å². The molecule has 4 rings (SSSR count). The molecule has 92 valence electrons. The molecule has 6 heteroatoms. The summed E-state index contributed by atoms with van der Waals surface area (Å²) < 4.78 is 7.47. The van der Waals surface area contributed by atoms with Crippen LogP contribution in [0.1, 0.15) is 0 Å². The third-order valence-corrected chi connectivity index (χ3v) is 3.23. The average Bonchev–Trinajstić information content (AvgIpc) is 3.08. The maximum Gasteiger partial charge on any atom is 0.221 e. The zero-order valence-corrected chi connectivity index (χ0v) is 10.5. The van der Waals surface area contributed by atoms with Gasteiger partial charge in [-0.2, -0.15) is 0 Å². The maximum absolute atomic E-state index is 5.34. The van der Waals surface area contributed by atoms with E-state index in [-0.39, 0.29) is 0 Å². The van der Waals surface area contributed by atoms with Gasteiger partial charge in [-0.3, -0.25) is 5.10 Å². The van der Waals surface area contributed by atoms with Crippen LogP contribution in [0.2, 0.25) is 0 Å². The Kier molecular flexibility index (Phi) is 2.07. The summed E-state index contributed by atoms with van der Waals surface area (Å²) in [5.74, 6) is 1.30. The van der Waals surface area contributed by atoms with E-state index < -0.39 is 0 Å². The summed E-state index contributed by atoms with van der Waals surface area (Å²) in [6.07, 6.45) is 1.61. The van der Waals surface area contributed by atoms with E-state index >= 15 is 0 Å². The number of fused-ring (bicyclic) bond motifs is 3. The van der Waals surface area contributed by atoms with Gasteiger partial charge in [-0.25, -0.2) is 14.5 Å². The van der Waals surface area contributed by atoms with E-state index in [1.54, 1.807) is 10.8 Å². The van der Waals surface area contributed by atoms with Crippen molar-refractivity contribution in [3.05, 3.63) is 47.4 Å². The number of benzene rings is 1. The number of hydrogen-bond acceptors (Lipinski definition) is 4. The predicted molar refractivity (Wildman–Crippen MR) is 73.4 cm³/mol. The number of hydrogen-bond donors (Lipinski definition) is 1. The number of furan rings is 1. The number of aromatic amines is 1. The Hall–Kier alpha value is -2.47. The molecule has 19 heavy (non-hydrogen) atoms. The molecule has 5 nitrogen and oxygen atoms in total. The lowest BCUT2D eigenvalue weighted by molar-refractivity contribution is 0.577. The van der Waals surface area contributed by atoms with Gasteiger partial charge in [0.25, 0.3) is 0 Å². The van der Waals surface area contributed by atoms with Crippen molar-refractivity contribution in [3.63, 3.8) is 0 Å². The first-order chi connectivity index (χ1) is 9.33. The van der Waals surface area contributed by atoms with Crippen molar-refractivity contribution < 1.29 is 4.42 Å². The first-order valence-corrected chi connectivity index (χ1v) is 6.15. The molecular formula is C13H8N4OS. The summed E-state index contributed by atoms with van der Waals surface area (Å²) in [6, 6.07) is 11.4. The van der Waals surface area contributed by atoms with Crippen molar-refractivity contribution in [1.29, 1.82) is 0 Å². The zero-order chi connectivity index (χ0) is 12.8. The fourth-order valence-electron chi connectivity index (χ4n) is 2.10. The molecule has 4 aromatic rings. The van der Waals surface area contributed by atoms with E-state index in [4.69, 9.17) is 16.6 Å². The minimum atomic E-state index is 0.444. The summed E-state index contributed by atoms with van der Waals surface area (Å²) >= 11 is 5.27. The lowest BCUT2D eigenvalue weighted by atomic mass is 10.2. The Balaban J connectivity index is 2.16. The molecule has 3 heterocycles. The van der Waals surface area contributed by atoms with Crippen LogP contribution >= 0.6 is 12.2 Å². The molecular weight excluding hydrogens is 260 g/mol. The summed E-state index contributed by atoms with van der Waals surface area (Å²) in [4.78, 5) is 8.93. The smallest absolute Gasteiger partial charge is 0.221 e. The van der Waals surface area contributed by atoms with E-state index in [1.807, 2.05) is 36.4 Å². The first-order valence-electron chi connectivity index (χ1n) is 5.74. The van der Waals surface area contributed by atoms with Crippen molar-refractivity contribution in [2.45, 2.75) is 0 Å². The first kappa shape index (κ1) is 10.5. The van der Waals surface area contributed by atoms with Crippen LogP contribution in [0.4, 0.5) is 0 Å². The van der Waals surface area contributed by atoms with Gasteiger partial charge < -0.3 is 4.42 Å². The van der Waals surface area contributed by atoms with E-state index in [2.05, 4.69) is 15.1 Å². The topological polar surface area (TPSA) is 59.1 Å². The number of para-hydroxylation sites is 1. The number of nitrogens with one attached hydrogen (secondary N) is 1. The molecule has 0 spiro atoms.